The van der Waals surface area contributed by atoms with E-state index in [0.717, 1.165) is 35.4 Å². The Morgan fingerprint density at radius 3 is 1.85 bits per heavy atom. The Morgan fingerprint density at radius 2 is 1.38 bits per heavy atom. The first-order valence-electron chi connectivity index (χ1n) is 9.58. The van der Waals surface area contributed by atoms with Crippen LogP contribution in [0.25, 0.3) is 0 Å². The molecule has 2 nitrogen and oxygen atoms in total. The van der Waals surface area contributed by atoms with Crippen LogP contribution < -0.4 is 10.4 Å². The molecule has 3 heteroatoms. The number of hydrogen-bond acceptors (Lipinski definition) is 2. The van der Waals surface area contributed by atoms with E-state index >= 15 is 0 Å². The molecule has 0 atom stereocenters. The molecule has 0 bridgehead atoms. The molecule has 0 spiro atoms. The molecule has 2 aromatic carbocycles. The fourth-order valence-corrected chi connectivity index (χ4v) is 6.10. The van der Waals surface area contributed by atoms with Crippen molar-refractivity contribution in [3.8, 4) is 0 Å². The summed E-state index contributed by atoms with van der Waals surface area (Å²) in [7, 11) is -2.73. The SMILES string of the molecule is C=C(C)CCO[Si](OCCCC(C)C)(c1ccccc1)c1ccccc1. The van der Waals surface area contributed by atoms with E-state index in [-0.39, 0.29) is 0 Å². The Balaban J connectivity index is 2.32. The van der Waals surface area contributed by atoms with Crippen LogP contribution in [0.4, 0.5) is 0 Å². The highest BCUT2D eigenvalue weighted by molar-refractivity contribution is 6.92. The van der Waals surface area contributed by atoms with Crippen LogP contribution in [0.3, 0.4) is 0 Å². The number of hydrogen-bond donors (Lipinski definition) is 0. The summed E-state index contributed by atoms with van der Waals surface area (Å²) in [6, 6.07) is 20.9. The topological polar surface area (TPSA) is 18.5 Å². The van der Waals surface area contributed by atoms with Crippen molar-refractivity contribution in [3.63, 3.8) is 0 Å². The lowest BCUT2D eigenvalue weighted by atomic mass is 10.1. The highest BCUT2D eigenvalue weighted by Gasteiger charge is 2.42. The lowest BCUT2D eigenvalue weighted by Crippen LogP contribution is -2.63. The highest BCUT2D eigenvalue weighted by Crippen LogP contribution is 2.14. The van der Waals surface area contributed by atoms with Gasteiger partial charge in [0.1, 0.15) is 0 Å². The summed E-state index contributed by atoms with van der Waals surface area (Å²) in [5.41, 5.74) is 1.13. The van der Waals surface area contributed by atoms with Crippen LogP contribution >= 0.6 is 0 Å². The summed E-state index contributed by atoms with van der Waals surface area (Å²) >= 11 is 0. The molecule has 0 amide bonds. The first-order chi connectivity index (χ1) is 12.5. The van der Waals surface area contributed by atoms with Crippen LogP contribution in [0.5, 0.6) is 0 Å². The normalized spacial score (nSPS) is 11.7. The zero-order valence-corrected chi connectivity index (χ0v) is 17.4. The maximum Gasteiger partial charge on any atom is 0.407 e. The van der Waals surface area contributed by atoms with Gasteiger partial charge < -0.3 is 8.85 Å². The Hall–Kier alpha value is -1.68. The molecule has 0 saturated heterocycles. The van der Waals surface area contributed by atoms with E-state index in [9.17, 15) is 0 Å². The molecule has 0 radical (unpaired) electrons. The predicted molar refractivity (Wildman–Crippen MR) is 113 cm³/mol. The largest absolute Gasteiger partial charge is 0.407 e. The van der Waals surface area contributed by atoms with Gasteiger partial charge in [0.25, 0.3) is 0 Å². The molecular formula is C23H32O2Si. The lowest BCUT2D eigenvalue weighted by Gasteiger charge is -2.32. The van der Waals surface area contributed by atoms with Crippen molar-refractivity contribution >= 4 is 18.9 Å². The molecule has 2 rings (SSSR count). The fraction of sp³-hybridized carbons (Fsp3) is 0.391. The average Bonchev–Trinajstić information content (AvgIpc) is 2.65. The second-order valence-electron chi connectivity index (χ2n) is 7.29. The fourth-order valence-electron chi connectivity index (χ4n) is 2.93. The van der Waals surface area contributed by atoms with Crippen molar-refractivity contribution < 1.29 is 8.85 Å². The Bertz CT molecular complexity index is 613. The average molecular weight is 369 g/mol. The van der Waals surface area contributed by atoms with Crippen LogP contribution in [-0.2, 0) is 8.85 Å². The monoisotopic (exact) mass is 368 g/mol. The van der Waals surface area contributed by atoms with Crippen molar-refractivity contribution in [1.29, 1.82) is 0 Å². The zero-order chi connectivity index (χ0) is 18.8. The summed E-state index contributed by atoms with van der Waals surface area (Å²) in [5, 5.41) is 2.33. The van der Waals surface area contributed by atoms with Crippen molar-refractivity contribution in [2.24, 2.45) is 5.92 Å². The lowest BCUT2D eigenvalue weighted by molar-refractivity contribution is 0.187. The van der Waals surface area contributed by atoms with Crippen LogP contribution in [0.1, 0.15) is 40.0 Å². The van der Waals surface area contributed by atoms with E-state index in [1.807, 2.05) is 19.1 Å². The van der Waals surface area contributed by atoms with Gasteiger partial charge >= 0.3 is 8.56 Å². The molecule has 140 valence electrons. The van der Waals surface area contributed by atoms with E-state index in [0.29, 0.717) is 12.5 Å². The van der Waals surface area contributed by atoms with Crippen molar-refractivity contribution in [2.45, 2.75) is 40.0 Å². The van der Waals surface area contributed by atoms with Gasteiger partial charge in [-0.25, -0.2) is 0 Å². The van der Waals surface area contributed by atoms with Crippen LogP contribution in [0.2, 0.25) is 0 Å². The second kappa shape index (κ2) is 10.5. The Morgan fingerprint density at radius 1 is 0.885 bits per heavy atom. The van der Waals surface area contributed by atoms with Gasteiger partial charge in [-0.3, -0.25) is 0 Å². The Kier molecular flexibility index (Phi) is 8.30. The van der Waals surface area contributed by atoms with Crippen molar-refractivity contribution in [1.82, 2.24) is 0 Å². The van der Waals surface area contributed by atoms with Crippen molar-refractivity contribution in [3.05, 3.63) is 72.8 Å². The second-order valence-corrected chi connectivity index (χ2v) is 10.3. The van der Waals surface area contributed by atoms with E-state index in [1.54, 1.807) is 0 Å². The molecule has 0 aliphatic carbocycles. The first-order valence-corrected chi connectivity index (χ1v) is 11.4. The van der Waals surface area contributed by atoms with Gasteiger partial charge in [-0.1, -0.05) is 80.1 Å². The molecule has 0 aliphatic rings. The molecule has 2 aromatic rings. The molecule has 0 N–H and O–H groups in total. The molecule has 0 fully saturated rings. The van der Waals surface area contributed by atoms with Gasteiger partial charge in [-0.15, -0.1) is 6.58 Å². The molecule has 0 heterocycles. The summed E-state index contributed by atoms with van der Waals surface area (Å²) in [6.45, 7) is 11.9. The third-order valence-electron chi connectivity index (χ3n) is 4.37. The van der Waals surface area contributed by atoms with Gasteiger partial charge in [-0.05, 0) is 42.5 Å². The standard InChI is InChI=1S/C23H32O2Si/c1-20(2)12-11-18-24-26(25-19-17-21(3)4,22-13-7-5-8-14-22)23-15-9-6-10-16-23/h5-10,13-16,20H,3,11-12,17-19H2,1-2,4H3. The minimum absolute atomic E-state index is 0.634. The van der Waals surface area contributed by atoms with Gasteiger partial charge in [0, 0.05) is 13.2 Å². The first kappa shape index (κ1) is 20.6. The summed E-state index contributed by atoms with van der Waals surface area (Å²) < 4.78 is 13.2. The Labute approximate surface area is 160 Å². The van der Waals surface area contributed by atoms with Crippen LogP contribution in [0.15, 0.2) is 72.8 Å². The quantitative estimate of drug-likeness (QED) is 0.326. The third-order valence-corrected chi connectivity index (χ3v) is 7.78. The third kappa shape index (κ3) is 5.94. The van der Waals surface area contributed by atoms with Gasteiger partial charge in [-0.2, -0.15) is 0 Å². The minimum Gasteiger partial charge on any atom is -0.388 e. The molecular weight excluding hydrogens is 336 g/mol. The van der Waals surface area contributed by atoms with E-state index < -0.39 is 8.56 Å². The summed E-state index contributed by atoms with van der Waals surface area (Å²) in [6.07, 6.45) is 3.07. The maximum atomic E-state index is 6.62. The van der Waals surface area contributed by atoms with E-state index in [4.69, 9.17) is 8.85 Å². The highest BCUT2D eigenvalue weighted by atomic mass is 28.4. The minimum atomic E-state index is -2.73. The van der Waals surface area contributed by atoms with Crippen molar-refractivity contribution in [2.75, 3.05) is 13.2 Å². The smallest absolute Gasteiger partial charge is 0.388 e. The van der Waals surface area contributed by atoms with Crippen LogP contribution in [-0.4, -0.2) is 21.8 Å². The molecule has 0 saturated carbocycles. The van der Waals surface area contributed by atoms with Crippen LogP contribution in [0, 0.1) is 5.92 Å². The van der Waals surface area contributed by atoms with E-state index in [1.165, 1.54) is 6.42 Å². The maximum absolute atomic E-state index is 6.62. The van der Waals surface area contributed by atoms with Gasteiger partial charge in [0.2, 0.25) is 0 Å². The molecule has 0 aliphatic heterocycles. The zero-order valence-electron chi connectivity index (χ0n) is 16.4. The van der Waals surface area contributed by atoms with Gasteiger partial charge in [0.05, 0.1) is 0 Å². The molecule has 0 unspecified atom stereocenters. The summed E-state index contributed by atoms with van der Waals surface area (Å²) in [5.74, 6) is 0.687. The summed E-state index contributed by atoms with van der Waals surface area (Å²) in [4.78, 5) is 0. The molecule has 26 heavy (non-hydrogen) atoms. The van der Waals surface area contributed by atoms with E-state index in [2.05, 4.69) is 69.0 Å². The predicted octanol–water partition coefficient (Wildman–Crippen LogP) is 4.68. The number of benzene rings is 2. The number of rotatable bonds is 11. The van der Waals surface area contributed by atoms with Gasteiger partial charge in [0.15, 0.2) is 0 Å². The molecule has 0 aromatic heterocycles.